The van der Waals surface area contributed by atoms with E-state index in [1.165, 1.54) is 24.3 Å². The van der Waals surface area contributed by atoms with Crippen molar-refractivity contribution >= 4 is 5.91 Å². The summed E-state index contributed by atoms with van der Waals surface area (Å²) in [6.07, 6.45) is -0.781. The molecule has 200 valence electrons. The number of halogens is 2. The Bertz CT molecular complexity index is 1250. The van der Waals surface area contributed by atoms with Crippen LogP contribution in [0.15, 0.2) is 60.7 Å². The largest absolute Gasteiger partial charge is 0.508 e. The number of carbonyl (C=O) groups is 1. The number of nitrogens with zero attached hydrogens (tertiary/aromatic N) is 2. The lowest BCUT2D eigenvalue weighted by atomic mass is 9.86. The lowest BCUT2D eigenvalue weighted by molar-refractivity contribution is -0.143. The topological polar surface area (TPSA) is 62.2 Å². The first-order valence-corrected chi connectivity index (χ1v) is 12.8. The van der Waals surface area contributed by atoms with E-state index in [1.54, 1.807) is 41.3 Å². The number of phenols is 1. The van der Waals surface area contributed by atoms with Crippen molar-refractivity contribution in [2.24, 2.45) is 0 Å². The fraction of sp³-hybridized carbons (Fsp3) is 0.367. The molecule has 0 aromatic heterocycles. The molecule has 0 bridgehead atoms. The molecule has 0 saturated carbocycles. The molecular weight excluding hydrogens is 490 g/mol. The van der Waals surface area contributed by atoms with Gasteiger partial charge in [0.25, 0.3) is 5.91 Å². The van der Waals surface area contributed by atoms with Crippen molar-refractivity contribution < 1.29 is 28.2 Å². The van der Waals surface area contributed by atoms with E-state index in [1.807, 2.05) is 20.8 Å². The van der Waals surface area contributed by atoms with Gasteiger partial charge in [-0.05, 0) is 46.9 Å². The van der Waals surface area contributed by atoms with Gasteiger partial charge in [-0.15, -0.1) is 0 Å². The van der Waals surface area contributed by atoms with E-state index in [2.05, 4.69) is 4.90 Å². The predicted octanol–water partition coefficient (Wildman–Crippen LogP) is 5.04. The Morgan fingerprint density at radius 3 is 1.97 bits per heavy atom. The highest BCUT2D eigenvalue weighted by molar-refractivity contribution is 5.82. The summed E-state index contributed by atoms with van der Waals surface area (Å²) < 4.78 is 39.1. The number of fused-ring (bicyclic) bond motifs is 1. The van der Waals surface area contributed by atoms with E-state index in [9.17, 15) is 18.7 Å². The van der Waals surface area contributed by atoms with Crippen molar-refractivity contribution in [3.63, 3.8) is 0 Å². The standard InChI is InChI=1S/C30H32F2N2O4/c1-30(2,3)23-16-26-25(17-24(23)35)37-18-27(38-26)29(36)34-14-12-33(13-15-34)28(19-4-8-21(31)9-5-19)20-6-10-22(32)11-7-20/h4-11,16-17,27-28,35H,12-15,18H2,1-3H3. The van der Waals surface area contributed by atoms with Crippen molar-refractivity contribution in [1.82, 2.24) is 9.80 Å². The SMILES string of the molecule is CC(C)(C)c1cc2c(cc1O)OCC(C(=O)N1CCN(C(c3ccc(F)cc3)c3ccc(F)cc3)CC1)O2. The number of hydrogen-bond acceptors (Lipinski definition) is 5. The number of ether oxygens (including phenoxy) is 2. The second-order valence-electron chi connectivity index (χ2n) is 10.9. The molecule has 1 unspecified atom stereocenters. The minimum Gasteiger partial charge on any atom is -0.508 e. The lowest BCUT2D eigenvalue weighted by Gasteiger charge is -2.41. The molecule has 1 amide bonds. The van der Waals surface area contributed by atoms with Crippen LogP contribution in [0, 0.1) is 11.6 Å². The molecule has 38 heavy (non-hydrogen) atoms. The fourth-order valence-corrected chi connectivity index (χ4v) is 5.14. The number of aromatic hydroxyl groups is 1. The summed E-state index contributed by atoms with van der Waals surface area (Å²) in [7, 11) is 0. The molecule has 6 nitrogen and oxygen atoms in total. The first-order chi connectivity index (χ1) is 18.1. The van der Waals surface area contributed by atoms with Gasteiger partial charge in [0.05, 0.1) is 6.04 Å². The van der Waals surface area contributed by atoms with Crippen molar-refractivity contribution in [2.75, 3.05) is 32.8 Å². The summed E-state index contributed by atoms with van der Waals surface area (Å²) in [4.78, 5) is 17.4. The van der Waals surface area contributed by atoms with Crippen LogP contribution in [0.2, 0.25) is 0 Å². The zero-order chi connectivity index (χ0) is 27.0. The van der Waals surface area contributed by atoms with Crippen molar-refractivity contribution in [2.45, 2.75) is 38.3 Å². The Morgan fingerprint density at radius 1 is 0.895 bits per heavy atom. The van der Waals surface area contributed by atoms with E-state index in [-0.39, 0.29) is 41.4 Å². The molecule has 0 spiro atoms. The Labute approximate surface area is 221 Å². The molecule has 3 aromatic carbocycles. The van der Waals surface area contributed by atoms with Crippen molar-refractivity contribution in [3.05, 3.63) is 89.0 Å². The minimum absolute atomic E-state index is 0.0636. The molecule has 3 aromatic rings. The van der Waals surface area contributed by atoms with Crippen LogP contribution < -0.4 is 9.47 Å². The molecule has 0 aliphatic carbocycles. The van der Waals surface area contributed by atoms with Crippen LogP contribution in [-0.2, 0) is 10.2 Å². The average molecular weight is 523 g/mol. The Kier molecular flexibility index (Phi) is 7.01. The molecule has 1 saturated heterocycles. The number of benzene rings is 3. The zero-order valence-electron chi connectivity index (χ0n) is 21.8. The minimum atomic E-state index is -0.781. The maximum atomic E-state index is 13.6. The molecular formula is C30H32F2N2O4. The third-order valence-electron chi connectivity index (χ3n) is 7.17. The highest BCUT2D eigenvalue weighted by Gasteiger charge is 2.35. The summed E-state index contributed by atoms with van der Waals surface area (Å²) in [5.74, 6) is 0.221. The van der Waals surface area contributed by atoms with Crippen LogP contribution in [0.1, 0.15) is 43.5 Å². The summed E-state index contributed by atoms with van der Waals surface area (Å²) >= 11 is 0. The van der Waals surface area contributed by atoms with Crippen LogP contribution in [0.3, 0.4) is 0 Å². The molecule has 0 radical (unpaired) electrons. The predicted molar refractivity (Wildman–Crippen MR) is 140 cm³/mol. The van der Waals surface area contributed by atoms with Crippen LogP contribution in [0.5, 0.6) is 17.2 Å². The molecule has 2 heterocycles. The van der Waals surface area contributed by atoms with Crippen LogP contribution >= 0.6 is 0 Å². The number of carbonyl (C=O) groups excluding carboxylic acids is 1. The van der Waals surface area contributed by atoms with Gasteiger partial charge in [0, 0.05) is 37.8 Å². The number of phenolic OH excluding ortho intramolecular Hbond substituents is 1. The monoisotopic (exact) mass is 522 g/mol. The highest BCUT2D eigenvalue weighted by atomic mass is 19.1. The molecule has 1 atom stereocenters. The quantitative estimate of drug-likeness (QED) is 0.520. The lowest BCUT2D eigenvalue weighted by Crippen LogP contribution is -2.54. The molecule has 5 rings (SSSR count). The van der Waals surface area contributed by atoms with Crippen LogP contribution in [0.25, 0.3) is 0 Å². The van der Waals surface area contributed by atoms with E-state index >= 15 is 0 Å². The number of hydrogen-bond donors (Lipinski definition) is 1. The van der Waals surface area contributed by atoms with Crippen molar-refractivity contribution in [3.8, 4) is 17.2 Å². The maximum Gasteiger partial charge on any atom is 0.267 e. The van der Waals surface area contributed by atoms with Crippen LogP contribution in [-0.4, -0.2) is 59.7 Å². The number of piperazine rings is 1. The summed E-state index contributed by atoms with van der Waals surface area (Å²) in [5.41, 5.74) is 2.21. The molecule has 2 aliphatic rings. The van der Waals surface area contributed by atoms with Gasteiger partial charge in [0.15, 0.2) is 11.5 Å². The van der Waals surface area contributed by atoms with Gasteiger partial charge in [-0.2, -0.15) is 0 Å². The zero-order valence-corrected chi connectivity index (χ0v) is 21.8. The smallest absolute Gasteiger partial charge is 0.267 e. The Morgan fingerprint density at radius 2 is 1.45 bits per heavy atom. The molecule has 1 N–H and O–H groups in total. The Hall–Kier alpha value is -3.65. The molecule has 1 fully saturated rings. The van der Waals surface area contributed by atoms with Crippen molar-refractivity contribution in [1.29, 1.82) is 0 Å². The molecule has 8 heteroatoms. The van der Waals surface area contributed by atoms with Gasteiger partial charge < -0.3 is 19.5 Å². The van der Waals surface area contributed by atoms with Gasteiger partial charge in [0.2, 0.25) is 6.10 Å². The number of amides is 1. The summed E-state index contributed by atoms with van der Waals surface area (Å²) in [6.45, 7) is 8.16. The van der Waals surface area contributed by atoms with E-state index in [0.29, 0.717) is 43.2 Å². The normalized spacial score (nSPS) is 18.1. The first-order valence-electron chi connectivity index (χ1n) is 12.8. The van der Waals surface area contributed by atoms with E-state index in [0.717, 1.165) is 11.1 Å². The van der Waals surface area contributed by atoms with Crippen LogP contribution in [0.4, 0.5) is 8.78 Å². The Balaban J connectivity index is 1.29. The van der Waals surface area contributed by atoms with E-state index in [4.69, 9.17) is 9.47 Å². The molecule has 2 aliphatic heterocycles. The highest BCUT2D eigenvalue weighted by Crippen LogP contribution is 2.42. The van der Waals surface area contributed by atoms with Gasteiger partial charge in [-0.25, -0.2) is 8.78 Å². The third-order valence-corrected chi connectivity index (χ3v) is 7.17. The maximum absolute atomic E-state index is 13.6. The second-order valence-corrected chi connectivity index (χ2v) is 10.9. The van der Waals surface area contributed by atoms with Gasteiger partial charge >= 0.3 is 0 Å². The average Bonchev–Trinajstić information content (AvgIpc) is 2.90. The number of rotatable bonds is 4. The van der Waals surface area contributed by atoms with Gasteiger partial charge in [-0.3, -0.25) is 9.69 Å². The second kappa shape index (κ2) is 10.3. The first kappa shape index (κ1) is 26.0. The fourth-order valence-electron chi connectivity index (χ4n) is 5.14. The van der Waals surface area contributed by atoms with Gasteiger partial charge in [-0.1, -0.05) is 45.0 Å². The summed E-state index contributed by atoms with van der Waals surface area (Å²) in [5, 5.41) is 10.4. The van der Waals surface area contributed by atoms with E-state index < -0.39 is 6.10 Å². The van der Waals surface area contributed by atoms with Gasteiger partial charge in [0.1, 0.15) is 24.0 Å². The third kappa shape index (κ3) is 5.31. The summed E-state index contributed by atoms with van der Waals surface area (Å²) in [6, 6.07) is 15.8.